The van der Waals surface area contributed by atoms with Gasteiger partial charge in [0.2, 0.25) is 0 Å². The minimum atomic E-state index is -1.21. The number of hydrogen-bond acceptors (Lipinski definition) is 4. The highest BCUT2D eigenvalue weighted by molar-refractivity contribution is 14.1. The fourth-order valence-electron chi connectivity index (χ4n) is 1.21. The number of carboxylic acids is 1. The summed E-state index contributed by atoms with van der Waals surface area (Å²) in [4.78, 5) is 18.6. The molecule has 2 aromatic rings. The van der Waals surface area contributed by atoms with Gasteiger partial charge in [0.15, 0.2) is 0 Å². The van der Waals surface area contributed by atoms with Crippen LogP contribution in [0.2, 0.25) is 0 Å². The fraction of sp³-hybridized carbons (Fsp3) is 0. The van der Waals surface area contributed by atoms with Crippen LogP contribution in [0.5, 0.6) is 11.8 Å². The molecule has 0 aliphatic rings. The topological polar surface area (TPSA) is 72.3 Å². The molecular weight excluding hydrogens is 354 g/mol. The molecule has 0 radical (unpaired) electrons. The Morgan fingerprint density at radius 1 is 1.33 bits per heavy atom. The van der Waals surface area contributed by atoms with E-state index in [1.807, 2.05) is 22.6 Å². The molecule has 7 heteroatoms. The van der Waals surface area contributed by atoms with Gasteiger partial charge in [-0.15, -0.1) is 0 Å². The fourth-order valence-corrected chi connectivity index (χ4v) is 1.49. The monoisotopic (exact) mass is 360 g/mol. The first-order valence-corrected chi connectivity index (χ1v) is 5.82. The Hall–Kier alpha value is -1.77. The van der Waals surface area contributed by atoms with Crippen LogP contribution in [-0.2, 0) is 0 Å². The molecular formula is C11H6FIN2O3. The highest BCUT2D eigenvalue weighted by Crippen LogP contribution is 2.24. The van der Waals surface area contributed by atoms with E-state index in [1.54, 1.807) is 0 Å². The average Bonchev–Trinajstić information content (AvgIpc) is 2.32. The first-order chi connectivity index (χ1) is 8.56. The van der Waals surface area contributed by atoms with E-state index in [4.69, 9.17) is 9.84 Å². The number of rotatable bonds is 3. The Morgan fingerprint density at radius 3 is 2.61 bits per heavy atom. The second-order valence-corrected chi connectivity index (χ2v) is 4.48. The second-order valence-electron chi connectivity index (χ2n) is 3.23. The summed E-state index contributed by atoms with van der Waals surface area (Å²) in [6, 6.07) is 3.11. The van der Waals surface area contributed by atoms with Gasteiger partial charge in [0.05, 0.1) is 0 Å². The van der Waals surface area contributed by atoms with E-state index in [1.165, 1.54) is 12.4 Å². The zero-order chi connectivity index (χ0) is 13.1. The van der Waals surface area contributed by atoms with Crippen molar-refractivity contribution in [3.05, 3.63) is 45.5 Å². The number of benzene rings is 1. The van der Waals surface area contributed by atoms with Crippen LogP contribution < -0.4 is 4.74 Å². The van der Waals surface area contributed by atoms with E-state index in [0.29, 0.717) is 0 Å². The van der Waals surface area contributed by atoms with Crippen molar-refractivity contribution in [3.63, 3.8) is 0 Å². The molecule has 0 unspecified atom stereocenters. The van der Waals surface area contributed by atoms with Gasteiger partial charge in [0, 0.05) is 22.0 Å². The van der Waals surface area contributed by atoms with E-state index in [9.17, 15) is 9.18 Å². The van der Waals surface area contributed by atoms with Crippen LogP contribution in [0.1, 0.15) is 10.4 Å². The molecule has 0 saturated carbocycles. The summed E-state index contributed by atoms with van der Waals surface area (Å²) in [5.74, 6) is -1.94. The third kappa shape index (κ3) is 2.92. The molecule has 0 amide bonds. The maximum atomic E-state index is 13.1. The lowest BCUT2D eigenvalue weighted by atomic mass is 10.2. The number of aromatic nitrogens is 2. The van der Waals surface area contributed by atoms with Crippen molar-refractivity contribution < 1.29 is 19.0 Å². The molecule has 1 heterocycles. The average molecular weight is 360 g/mol. The molecule has 18 heavy (non-hydrogen) atoms. The van der Waals surface area contributed by atoms with Crippen LogP contribution in [0.25, 0.3) is 0 Å². The molecule has 0 aliphatic heterocycles. The standard InChI is InChI=1S/C11H6FIN2O3/c12-6-1-2-8(10(16)17)9(3-6)18-11-14-4-7(13)5-15-11/h1-5H,(H,16,17). The Kier molecular flexibility index (Phi) is 3.70. The van der Waals surface area contributed by atoms with Crippen LogP contribution in [0.15, 0.2) is 30.6 Å². The van der Waals surface area contributed by atoms with Crippen molar-refractivity contribution >= 4 is 28.6 Å². The van der Waals surface area contributed by atoms with E-state index in [2.05, 4.69) is 9.97 Å². The Bertz CT molecular complexity index is 589. The molecule has 92 valence electrons. The third-order valence-electron chi connectivity index (χ3n) is 1.97. The number of carboxylic acid groups (broad SMARTS) is 1. The summed E-state index contributed by atoms with van der Waals surface area (Å²) in [6.07, 6.45) is 3.01. The first-order valence-electron chi connectivity index (χ1n) is 4.74. The molecule has 5 nitrogen and oxygen atoms in total. The Morgan fingerprint density at radius 2 is 2.00 bits per heavy atom. The van der Waals surface area contributed by atoms with Crippen LogP contribution in [-0.4, -0.2) is 21.0 Å². The lowest BCUT2D eigenvalue weighted by molar-refractivity contribution is 0.0694. The van der Waals surface area contributed by atoms with Crippen LogP contribution in [0.3, 0.4) is 0 Å². The molecule has 0 bridgehead atoms. The summed E-state index contributed by atoms with van der Waals surface area (Å²) in [7, 11) is 0. The number of hydrogen-bond donors (Lipinski definition) is 1. The third-order valence-corrected chi connectivity index (χ3v) is 2.53. The number of halogens is 2. The van der Waals surface area contributed by atoms with Crippen molar-refractivity contribution in [1.29, 1.82) is 0 Å². The Balaban J connectivity index is 2.35. The molecule has 0 spiro atoms. The van der Waals surface area contributed by atoms with Crippen LogP contribution >= 0.6 is 22.6 Å². The molecule has 1 aromatic carbocycles. The molecule has 0 fully saturated rings. The van der Waals surface area contributed by atoms with Gasteiger partial charge in [-0.3, -0.25) is 0 Å². The molecule has 1 N–H and O–H groups in total. The van der Waals surface area contributed by atoms with Crippen molar-refractivity contribution in [2.75, 3.05) is 0 Å². The summed E-state index contributed by atoms with van der Waals surface area (Å²) in [5, 5.41) is 8.93. The quantitative estimate of drug-likeness (QED) is 0.853. The molecule has 0 atom stereocenters. The van der Waals surface area contributed by atoms with Crippen molar-refractivity contribution in [1.82, 2.24) is 9.97 Å². The van der Waals surface area contributed by atoms with Gasteiger partial charge >= 0.3 is 12.0 Å². The molecule has 0 saturated heterocycles. The van der Waals surface area contributed by atoms with Crippen LogP contribution in [0, 0.1) is 9.39 Å². The summed E-state index contributed by atoms with van der Waals surface area (Å²) in [6.45, 7) is 0. The first kappa shape index (κ1) is 12.7. The maximum absolute atomic E-state index is 13.1. The molecule has 2 rings (SSSR count). The number of nitrogens with zero attached hydrogens (tertiary/aromatic N) is 2. The smallest absolute Gasteiger partial charge is 0.339 e. The van der Waals surface area contributed by atoms with Crippen molar-refractivity contribution in [3.8, 4) is 11.8 Å². The minimum absolute atomic E-state index is 0.0384. The lowest BCUT2D eigenvalue weighted by Gasteiger charge is -2.06. The normalized spacial score (nSPS) is 10.1. The van der Waals surface area contributed by atoms with E-state index >= 15 is 0 Å². The number of ether oxygens (including phenoxy) is 1. The van der Waals surface area contributed by atoms with Gasteiger partial charge in [0.1, 0.15) is 17.1 Å². The Labute approximate surface area is 115 Å². The highest BCUT2D eigenvalue weighted by atomic mass is 127. The second kappa shape index (κ2) is 5.25. The zero-order valence-electron chi connectivity index (χ0n) is 8.80. The van der Waals surface area contributed by atoms with Gasteiger partial charge in [-0.1, -0.05) is 0 Å². The van der Waals surface area contributed by atoms with Gasteiger partial charge < -0.3 is 9.84 Å². The highest BCUT2D eigenvalue weighted by Gasteiger charge is 2.14. The summed E-state index contributed by atoms with van der Waals surface area (Å²) < 4.78 is 19.0. The predicted molar refractivity (Wildman–Crippen MR) is 68.2 cm³/mol. The van der Waals surface area contributed by atoms with E-state index < -0.39 is 11.8 Å². The summed E-state index contributed by atoms with van der Waals surface area (Å²) >= 11 is 2.02. The maximum Gasteiger partial charge on any atom is 0.339 e. The van der Waals surface area contributed by atoms with Gasteiger partial charge in [-0.25, -0.2) is 19.2 Å². The van der Waals surface area contributed by atoms with Gasteiger partial charge in [-0.2, -0.15) is 0 Å². The van der Waals surface area contributed by atoms with Crippen molar-refractivity contribution in [2.24, 2.45) is 0 Å². The summed E-state index contributed by atoms with van der Waals surface area (Å²) in [5.41, 5.74) is -0.154. The van der Waals surface area contributed by atoms with Gasteiger partial charge in [-0.05, 0) is 34.7 Å². The zero-order valence-corrected chi connectivity index (χ0v) is 11.0. The van der Waals surface area contributed by atoms with Gasteiger partial charge in [0.25, 0.3) is 0 Å². The lowest BCUT2D eigenvalue weighted by Crippen LogP contribution is -2.02. The van der Waals surface area contributed by atoms with Crippen molar-refractivity contribution in [2.45, 2.75) is 0 Å². The largest absolute Gasteiger partial charge is 0.478 e. The SMILES string of the molecule is O=C(O)c1ccc(F)cc1Oc1ncc(I)cn1. The molecule has 0 aliphatic carbocycles. The van der Waals surface area contributed by atoms with Crippen LogP contribution in [0.4, 0.5) is 4.39 Å². The predicted octanol–water partition coefficient (Wildman–Crippen LogP) is 2.71. The number of aromatic carboxylic acids is 1. The minimum Gasteiger partial charge on any atom is -0.478 e. The van der Waals surface area contributed by atoms with E-state index in [-0.39, 0.29) is 17.3 Å². The molecule has 1 aromatic heterocycles. The van der Waals surface area contributed by atoms with E-state index in [0.717, 1.165) is 21.8 Å². The number of carbonyl (C=O) groups is 1.